The van der Waals surface area contributed by atoms with Gasteiger partial charge in [0.1, 0.15) is 0 Å². The predicted molar refractivity (Wildman–Crippen MR) is 116 cm³/mol. The molecule has 6 nitrogen and oxygen atoms in total. The van der Waals surface area contributed by atoms with Gasteiger partial charge in [-0.2, -0.15) is 5.10 Å². The van der Waals surface area contributed by atoms with Crippen molar-refractivity contribution in [3.63, 3.8) is 0 Å². The standard InChI is InChI=1S/C19H31N5O.2ClH/c1-7-14(5)24-17-16(10-21-24)15(8-13(4)22-17)18(25)23-19(6,11-20)9-12(2)3;;/h8,10,12,14H,7,9,11,20H2,1-6H3,(H,23,25);2*1H. The van der Waals surface area contributed by atoms with Crippen molar-refractivity contribution in [1.82, 2.24) is 20.1 Å². The Labute approximate surface area is 174 Å². The fourth-order valence-electron chi connectivity index (χ4n) is 3.25. The molecule has 2 atom stereocenters. The summed E-state index contributed by atoms with van der Waals surface area (Å²) in [5.41, 5.74) is 7.69. The van der Waals surface area contributed by atoms with Crippen LogP contribution in [-0.4, -0.2) is 32.8 Å². The summed E-state index contributed by atoms with van der Waals surface area (Å²) < 4.78 is 1.90. The zero-order valence-corrected chi connectivity index (χ0v) is 18.7. The van der Waals surface area contributed by atoms with Gasteiger partial charge in [0, 0.05) is 17.8 Å². The van der Waals surface area contributed by atoms with E-state index in [2.05, 4.69) is 43.1 Å². The Hall–Kier alpha value is -1.37. The van der Waals surface area contributed by atoms with Crippen molar-refractivity contribution < 1.29 is 4.79 Å². The molecule has 1 amide bonds. The Bertz CT molecular complexity index is 762. The van der Waals surface area contributed by atoms with Gasteiger partial charge in [-0.1, -0.05) is 20.8 Å². The van der Waals surface area contributed by atoms with Crippen LogP contribution in [0.5, 0.6) is 0 Å². The first-order valence-electron chi connectivity index (χ1n) is 9.08. The third-order valence-corrected chi connectivity index (χ3v) is 4.67. The number of nitrogens with one attached hydrogen (secondary N) is 1. The molecule has 8 heteroatoms. The van der Waals surface area contributed by atoms with E-state index in [4.69, 9.17) is 5.73 Å². The van der Waals surface area contributed by atoms with E-state index in [1.807, 2.05) is 24.6 Å². The van der Waals surface area contributed by atoms with E-state index < -0.39 is 5.54 Å². The Morgan fingerprint density at radius 2 is 1.96 bits per heavy atom. The van der Waals surface area contributed by atoms with E-state index in [9.17, 15) is 4.79 Å². The highest BCUT2D eigenvalue weighted by Gasteiger charge is 2.28. The lowest BCUT2D eigenvalue weighted by atomic mass is 9.90. The van der Waals surface area contributed by atoms with Gasteiger partial charge in [-0.3, -0.25) is 4.79 Å². The van der Waals surface area contributed by atoms with Crippen molar-refractivity contribution in [2.24, 2.45) is 11.7 Å². The van der Waals surface area contributed by atoms with Crippen LogP contribution in [0.15, 0.2) is 12.3 Å². The zero-order valence-electron chi connectivity index (χ0n) is 17.1. The van der Waals surface area contributed by atoms with Crippen molar-refractivity contribution in [2.45, 2.75) is 66.0 Å². The fourth-order valence-corrected chi connectivity index (χ4v) is 3.25. The van der Waals surface area contributed by atoms with Crippen LogP contribution in [0.2, 0.25) is 0 Å². The summed E-state index contributed by atoms with van der Waals surface area (Å²) in [7, 11) is 0. The molecule has 27 heavy (non-hydrogen) atoms. The van der Waals surface area contributed by atoms with Crippen LogP contribution in [0.4, 0.5) is 0 Å². The van der Waals surface area contributed by atoms with Gasteiger partial charge in [0.2, 0.25) is 0 Å². The van der Waals surface area contributed by atoms with Crippen molar-refractivity contribution in [2.75, 3.05) is 6.54 Å². The number of nitrogens with two attached hydrogens (primary N) is 1. The number of rotatable bonds is 7. The van der Waals surface area contributed by atoms with Crippen LogP contribution in [0.3, 0.4) is 0 Å². The van der Waals surface area contributed by atoms with Gasteiger partial charge in [-0.15, -0.1) is 24.8 Å². The maximum Gasteiger partial charge on any atom is 0.252 e. The van der Waals surface area contributed by atoms with Gasteiger partial charge < -0.3 is 11.1 Å². The molecule has 2 aromatic rings. The molecule has 2 aromatic heterocycles. The number of halogens is 2. The average molecular weight is 418 g/mol. The van der Waals surface area contributed by atoms with Gasteiger partial charge in [-0.25, -0.2) is 9.67 Å². The van der Waals surface area contributed by atoms with E-state index in [0.717, 1.165) is 29.6 Å². The first-order valence-corrected chi connectivity index (χ1v) is 9.08. The maximum absolute atomic E-state index is 13.0. The SMILES string of the molecule is CCC(C)n1ncc2c(C(=O)NC(C)(CN)CC(C)C)cc(C)nc21.Cl.Cl. The molecule has 0 saturated heterocycles. The Morgan fingerprint density at radius 3 is 2.48 bits per heavy atom. The summed E-state index contributed by atoms with van der Waals surface area (Å²) >= 11 is 0. The summed E-state index contributed by atoms with van der Waals surface area (Å²) in [5.74, 6) is 0.328. The molecular formula is C19H33Cl2N5O. The largest absolute Gasteiger partial charge is 0.346 e. The van der Waals surface area contributed by atoms with E-state index in [1.165, 1.54) is 0 Å². The number of carbonyl (C=O) groups is 1. The lowest BCUT2D eigenvalue weighted by Gasteiger charge is -2.31. The molecule has 0 aromatic carbocycles. The zero-order chi connectivity index (χ0) is 18.8. The number of pyridine rings is 1. The van der Waals surface area contributed by atoms with Gasteiger partial charge in [0.25, 0.3) is 5.91 Å². The second-order valence-electron chi connectivity index (χ2n) is 7.71. The third-order valence-electron chi connectivity index (χ3n) is 4.67. The molecule has 2 unspecified atom stereocenters. The first kappa shape index (κ1) is 25.6. The van der Waals surface area contributed by atoms with Crippen molar-refractivity contribution in [1.29, 1.82) is 0 Å². The number of fused-ring (bicyclic) bond motifs is 1. The highest BCUT2D eigenvalue weighted by molar-refractivity contribution is 6.05. The molecule has 0 radical (unpaired) electrons. The van der Waals surface area contributed by atoms with Gasteiger partial charge in [-0.05, 0) is 45.6 Å². The molecule has 154 valence electrons. The van der Waals surface area contributed by atoms with E-state index in [1.54, 1.807) is 6.20 Å². The highest BCUT2D eigenvalue weighted by Crippen LogP contribution is 2.23. The smallest absolute Gasteiger partial charge is 0.252 e. The lowest BCUT2D eigenvalue weighted by molar-refractivity contribution is 0.0900. The Morgan fingerprint density at radius 1 is 1.33 bits per heavy atom. The molecule has 3 N–H and O–H groups in total. The minimum Gasteiger partial charge on any atom is -0.346 e. The second-order valence-corrected chi connectivity index (χ2v) is 7.71. The number of aromatic nitrogens is 3. The van der Waals surface area contributed by atoms with E-state index >= 15 is 0 Å². The van der Waals surface area contributed by atoms with E-state index in [-0.39, 0.29) is 36.8 Å². The minimum absolute atomic E-state index is 0. The molecule has 2 heterocycles. The fraction of sp³-hybridized carbons (Fsp3) is 0.632. The molecule has 0 aliphatic rings. The van der Waals surface area contributed by atoms with Gasteiger partial charge in [0.15, 0.2) is 5.65 Å². The number of amides is 1. The van der Waals surface area contributed by atoms with Gasteiger partial charge in [0.05, 0.1) is 23.2 Å². The Kier molecular flexibility index (Phi) is 9.73. The van der Waals surface area contributed by atoms with Crippen molar-refractivity contribution >= 4 is 41.8 Å². The molecule has 0 fully saturated rings. The normalized spacial score (nSPS) is 14.2. The maximum atomic E-state index is 13.0. The molecule has 0 spiro atoms. The third kappa shape index (κ3) is 5.80. The Balaban J connectivity index is 0.00000338. The van der Waals surface area contributed by atoms with Crippen LogP contribution in [-0.2, 0) is 0 Å². The van der Waals surface area contributed by atoms with Crippen LogP contribution in [0.25, 0.3) is 11.0 Å². The molecule has 0 saturated carbocycles. The summed E-state index contributed by atoms with van der Waals surface area (Å²) in [6.07, 6.45) is 3.52. The van der Waals surface area contributed by atoms with E-state index in [0.29, 0.717) is 18.0 Å². The summed E-state index contributed by atoms with van der Waals surface area (Å²) in [6.45, 7) is 12.8. The number of nitrogens with zero attached hydrogens (tertiary/aromatic N) is 3. The number of carbonyl (C=O) groups excluding carboxylic acids is 1. The number of aryl methyl sites for hydroxylation is 1. The molecule has 2 rings (SSSR count). The quantitative estimate of drug-likeness (QED) is 0.711. The molecule has 0 bridgehead atoms. The van der Waals surface area contributed by atoms with Gasteiger partial charge >= 0.3 is 0 Å². The second kappa shape index (κ2) is 10.2. The lowest BCUT2D eigenvalue weighted by Crippen LogP contribution is -2.52. The number of hydrogen-bond acceptors (Lipinski definition) is 4. The first-order chi connectivity index (χ1) is 11.7. The molecule has 0 aliphatic carbocycles. The molecular weight excluding hydrogens is 385 g/mol. The van der Waals surface area contributed by atoms with Crippen molar-refractivity contribution in [3.05, 3.63) is 23.5 Å². The van der Waals surface area contributed by atoms with Crippen LogP contribution in [0, 0.1) is 12.8 Å². The summed E-state index contributed by atoms with van der Waals surface area (Å²) in [4.78, 5) is 17.6. The number of hydrogen-bond donors (Lipinski definition) is 2. The highest BCUT2D eigenvalue weighted by atomic mass is 35.5. The van der Waals surface area contributed by atoms with Crippen LogP contribution < -0.4 is 11.1 Å². The topological polar surface area (TPSA) is 85.8 Å². The summed E-state index contributed by atoms with van der Waals surface area (Å²) in [5, 5.41) is 8.38. The average Bonchev–Trinajstić information content (AvgIpc) is 2.96. The predicted octanol–water partition coefficient (Wildman–Crippen LogP) is 4.05. The van der Waals surface area contributed by atoms with Crippen LogP contribution in [0.1, 0.15) is 69.6 Å². The van der Waals surface area contributed by atoms with Crippen molar-refractivity contribution in [3.8, 4) is 0 Å². The summed E-state index contributed by atoms with van der Waals surface area (Å²) in [6, 6.07) is 2.06. The van der Waals surface area contributed by atoms with Crippen LogP contribution >= 0.6 is 24.8 Å². The minimum atomic E-state index is -0.429. The monoisotopic (exact) mass is 417 g/mol. The molecule has 0 aliphatic heterocycles.